The van der Waals surface area contributed by atoms with Crippen molar-refractivity contribution < 1.29 is 4.39 Å². The molecule has 2 heteroatoms. The number of hydrogen-bond donors (Lipinski definition) is 1. The van der Waals surface area contributed by atoms with Crippen molar-refractivity contribution in [2.45, 2.75) is 50.6 Å². The lowest BCUT2D eigenvalue weighted by Crippen LogP contribution is -2.42. The maximum absolute atomic E-state index is 13.9. The van der Waals surface area contributed by atoms with Crippen LogP contribution in [0.1, 0.15) is 43.7 Å². The minimum atomic E-state index is -0.997. The van der Waals surface area contributed by atoms with Crippen molar-refractivity contribution in [1.82, 2.24) is 0 Å². The number of nitrogens with two attached hydrogens (primary N) is 1. The molecule has 1 aliphatic rings. The molecule has 0 atom stereocenters. The first-order valence-electron chi connectivity index (χ1n) is 6.44. The molecule has 0 heterocycles. The largest absolute Gasteiger partial charge is 0.330 e. The first kappa shape index (κ1) is 12.6. The van der Waals surface area contributed by atoms with E-state index in [1.807, 2.05) is 0 Å². The molecule has 1 nitrogen and oxygen atoms in total. The van der Waals surface area contributed by atoms with Crippen molar-refractivity contribution in [1.29, 1.82) is 0 Å². The Morgan fingerprint density at radius 3 is 2.12 bits per heavy atom. The van der Waals surface area contributed by atoms with Crippen LogP contribution in [-0.2, 0) is 5.41 Å². The summed E-state index contributed by atoms with van der Waals surface area (Å²) in [6, 6.07) is 8.55. The lowest BCUT2D eigenvalue weighted by atomic mass is 9.66. The first-order chi connectivity index (χ1) is 7.97. The molecule has 0 bridgehead atoms. The maximum atomic E-state index is 13.9. The summed E-state index contributed by atoms with van der Waals surface area (Å²) in [6.45, 7) is 4.41. The van der Waals surface area contributed by atoms with Crippen LogP contribution in [0.2, 0.25) is 0 Å². The molecule has 0 radical (unpaired) electrons. The minimum Gasteiger partial charge on any atom is -0.330 e. The van der Waals surface area contributed by atoms with E-state index in [0.717, 1.165) is 12.8 Å². The van der Waals surface area contributed by atoms with E-state index < -0.39 is 5.67 Å². The monoisotopic (exact) mass is 235 g/mol. The Morgan fingerprint density at radius 2 is 1.65 bits per heavy atom. The molecule has 0 unspecified atom stereocenters. The molecule has 1 aliphatic carbocycles. The van der Waals surface area contributed by atoms with Crippen LogP contribution in [0.4, 0.5) is 4.39 Å². The van der Waals surface area contributed by atoms with Gasteiger partial charge in [-0.2, -0.15) is 0 Å². The average Bonchev–Trinajstić information content (AvgIpc) is 2.31. The summed E-state index contributed by atoms with van der Waals surface area (Å²) in [5.41, 5.74) is 7.51. The highest BCUT2D eigenvalue weighted by molar-refractivity contribution is 5.30. The van der Waals surface area contributed by atoms with Gasteiger partial charge in [-0.1, -0.05) is 29.8 Å². The molecular formula is C15H22FN. The summed E-state index contributed by atoms with van der Waals surface area (Å²) in [5.74, 6) is 0. The van der Waals surface area contributed by atoms with Gasteiger partial charge in [-0.05, 0) is 45.1 Å². The second kappa shape index (κ2) is 4.41. The SMILES string of the molecule is Cc1ccc(C2(CN)CCC(C)(F)CC2)cc1. The molecule has 17 heavy (non-hydrogen) atoms. The Kier molecular flexibility index (Phi) is 3.26. The third-order valence-corrected chi connectivity index (χ3v) is 4.30. The van der Waals surface area contributed by atoms with Gasteiger partial charge in [0.2, 0.25) is 0 Å². The fourth-order valence-electron chi connectivity index (χ4n) is 2.77. The Balaban J connectivity index is 2.24. The summed E-state index contributed by atoms with van der Waals surface area (Å²) in [5, 5.41) is 0. The zero-order valence-electron chi connectivity index (χ0n) is 10.8. The lowest BCUT2D eigenvalue weighted by molar-refractivity contribution is 0.0904. The number of alkyl halides is 1. The van der Waals surface area contributed by atoms with Gasteiger partial charge in [-0.3, -0.25) is 0 Å². The van der Waals surface area contributed by atoms with Crippen LogP contribution < -0.4 is 5.73 Å². The molecule has 0 aliphatic heterocycles. The number of hydrogen-bond acceptors (Lipinski definition) is 1. The lowest BCUT2D eigenvalue weighted by Gasteiger charge is -2.41. The molecule has 2 rings (SSSR count). The van der Waals surface area contributed by atoms with Crippen LogP contribution in [0.25, 0.3) is 0 Å². The summed E-state index contributed by atoms with van der Waals surface area (Å²) in [6.07, 6.45) is 2.97. The molecular weight excluding hydrogens is 213 g/mol. The van der Waals surface area contributed by atoms with Crippen molar-refractivity contribution in [2.24, 2.45) is 5.73 Å². The van der Waals surface area contributed by atoms with Gasteiger partial charge in [0, 0.05) is 12.0 Å². The number of aryl methyl sites for hydroxylation is 1. The van der Waals surface area contributed by atoms with Gasteiger partial charge in [0.1, 0.15) is 5.67 Å². The third kappa shape index (κ3) is 2.52. The van der Waals surface area contributed by atoms with Crippen LogP contribution in [0.15, 0.2) is 24.3 Å². The quantitative estimate of drug-likeness (QED) is 0.834. The highest BCUT2D eigenvalue weighted by Crippen LogP contribution is 2.43. The molecule has 94 valence electrons. The number of benzene rings is 1. The van der Waals surface area contributed by atoms with E-state index in [0.29, 0.717) is 19.4 Å². The summed E-state index contributed by atoms with van der Waals surface area (Å²) in [4.78, 5) is 0. The smallest absolute Gasteiger partial charge is 0.108 e. The second-order valence-corrected chi connectivity index (χ2v) is 5.76. The number of halogens is 1. The zero-order chi connectivity index (χ0) is 12.5. The summed E-state index contributed by atoms with van der Waals surface area (Å²) < 4.78 is 13.9. The average molecular weight is 235 g/mol. The van der Waals surface area contributed by atoms with Crippen molar-refractivity contribution in [3.63, 3.8) is 0 Å². The predicted molar refractivity (Wildman–Crippen MR) is 69.9 cm³/mol. The van der Waals surface area contributed by atoms with Crippen molar-refractivity contribution in [2.75, 3.05) is 6.54 Å². The van der Waals surface area contributed by atoms with Crippen molar-refractivity contribution in [3.05, 3.63) is 35.4 Å². The van der Waals surface area contributed by atoms with E-state index >= 15 is 0 Å². The van der Waals surface area contributed by atoms with Crippen LogP contribution in [-0.4, -0.2) is 12.2 Å². The van der Waals surface area contributed by atoms with Crippen LogP contribution in [0.5, 0.6) is 0 Å². The standard InChI is InChI=1S/C15H22FN/c1-12-3-5-13(6-4-12)15(11-17)9-7-14(2,16)8-10-15/h3-6H,7-11,17H2,1-2H3. The molecule has 1 saturated carbocycles. The van der Waals surface area contributed by atoms with Gasteiger partial charge in [0.15, 0.2) is 0 Å². The highest BCUT2D eigenvalue weighted by Gasteiger charge is 2.40. The molecule has 1 aromatic rings. The Morgan fingerprint density at radius 1 is 1.12 bits per heavy atom. The fraction of sp³-hybridized carbons (Fsp3) is 0.600. The van der Waals surface area contributed by atoms with Gasteiger partial charge in [-0.15, -0.1) is 0 Å². The van der Waals surface area contributed by atoms with Gasteiger partial charge >= 0.3 is 0 Å². The Labute approximate surface area is 103 Å². The highest BCUT2D eigenvalue weighted by atomic mass is 19.1. The van der Waals surface area contributed by atoms with Crippen LogP contribution >= 0.6 is 0 Å². The molecule has 1 aromatic carbocycles. The molecule has 0 spiro atoms. The zero-order valence-corrected chi connectivity index (χ0v) is 10.8. The summed E-state index contributed by atoms with van der Waals surface area (Å²) >= 11 is 0. The van der Waals surface area contributed by atoms with Crippen molar-refractivity contribution >= 4 is 0 Å². The second-order valence-electron chi connectivity index (χ2n) is 5.76. The van der Waals surface area contributed by atoms with E-state index in [1.165, 1.54) is 11.1 Å². The van der Waals surface area contributed by atoms with E-state index in [-0.39, 0.29) is 5.41 Å². The van der Waals surface area contributed by atoms with Gasteiger partial charge in [-0.25, -0.2) is 4.39 Å². The Hall–Kier alpha value is -0.890. The van der Waals surface area contributed by atoms with Crippen LogP contribution in [0.3, 0.4) is 0 Å². The third-order valence-electron chi connectivity index (χ3n) is 4.30. The number of rotatable bonds is 2. The predicted octanol–water partition coefficient (Wildman–Crippen LogP) is 3.49. The molecule has 0 saturated heterocycles. The fourth-order valence-corrected chi connectivity index (χ4v) is 2.77. The van der Waals surface area contributed by atoms with E-state index in [1.54, 1.807) is 6.92 Å². The molecule has 2 N–H and O–H groups in total. The molecule has 0 amide bonds. The van der Waals surface area contributed by atoms with Gasteiger partial charge in [0.25, 0.3) is 0 Å². The van der Waals surface area contributed by atoms with E-state index in [9.17, 15) is 4.39 Å². The minimum absolute atomic E-state index is 0.000694. The molecule has 0 aromatic heterocycles. The topological polar surface area (TPSA) is 26.0 Å². The van der Waals surface area contributed by atoms with Gasteiger partial charge in [0.05, 0.1) is 0 Å². The Bertz CT molecular complexity index is 370. The summed E-state index contributed by atoms with van der Waals surface area (Å²) in [7, 11) is 0. The first-order valence-corrected chi connectivity index (χ1v) is 6.44. The van der Waals surface area contributed by atoms with E-state index in [4.69, 9.17) is 5.73 Å². The van der Waals surface area contributed by atoms with Crippen molar-refractivity contribution in [3.8, 4) is 0 Å². The maximum Gasteiger partial charge on any atom is 0.108 e. The molecule has 1 fully saturated rings. The van der Waals surface area contributed by atoms with Gasteiger partial charge < -0.3 is 5.73 Å². The van der Waals surface area contributed by atoms with Crippen LogP contribution in [0, 0.1) is 6.92 Å². The van der Waals surface area contributed by atoms with E-state index in [2.05, 4.69) is 31.2 Å². The normalized spacial score (nSPS) is 33.6.